The predicted molar refractivity (Wildman–Crippen MR) is 32.5 cm³/mol. The standard InChI is InChI=1S/C6H6F6O2/c7-5(8,9)1-3(4(13)14)2-6(10,11)12/h3H,1-2H2,(H,13,14). The Balaban J connectivity index is 4.40. The van der Waals surface area contributed by atoms with Crippen LogP contribution in [0.3, 0.4) is 0 Å². The first-order chi connectivity index (χ1) is 6.01. The molecule has 0 unspecified atom stereocenters. The number of hydrogen-bond acceptors (Lipinski definition) is 1. The molecule has 0 fully saturated rings. The molecule has 0 aliphatic rings. The van der Waals surface area contributed by atoms with Crippen molar-refractivity contribution in [3.63, 3.8) is 0 Å². The van der Waals surface area contributed by atoms with Crippen LogP contribution in [0.4, 0.5) is 26.3 Å². The van der Waals surface area contributed by atoms with Crippen LogP contribution in [0.1, 0.15) is 12.8 Å². The van der Waals surface area contributed by atoms with Gasteiger partial charge in [0, 0.05) is 0 Å². The molecule has 0 aromatic heterocycles. The molecule has 2 nitrogen and oxygen atoms in total. The summed E-state index contributed by atoms with van der Waals surface area (Å²) in [4.78, 5) is 10.1. The third kappa shape index (κ3) is 6.55. The van der Waals surface area contributed by atoms with E-state index in [4.69, 9.17) is 5.11 Å². The minimum Gasteiger partial charge on any atom is -0.481 e. The van der Waals surface area contributed by atoms with E-state index in [9.17, 15) is 31.1 Å². The van der Waals surface area contributed by atoms with Crippen LogP contribution in [-0.2, 0) is 4.79 Å². The van der Waals surface area contributed by atoms with Crippen LogP contribution in [0.5, 0.6) is 0 Å². The molecule has 0 heterocycles. The number of aliphatic carboxylic acids is 1. The Labute approximate surface area is 74.5 Å². The molecule has 0 aromatic rings. The highest BCUT2D eigenvalue weighted by atomic mass is 19.4. The fourth-order valence-electron chi connectivity index (χ4n) is 0.806. The van der Waals surface area contributed by atoms with Crippen molar-refractivity contribution in [3.8, 4) is 0 Å². The zero-order chi connectivity index (χ0) is 11.6. The average Bonchev–Trinajstić information content (AvgIpc) is 1.78. The summed E-state index contributed by atoms with van der Waals surface area (Å²) in [6.07, 6.45) is -13.8. The first kappa shape index (κ1) is 13.0. The number of hydrogen-bond donors (Lipinski definition) is 1. The highest BCUT2D eigenvalue weighted by molar-refractivity contribution is 5.70. The molecule has 0 amide bonds. The van der Waals surface area contributed by atoms with Gasteiger partial charge in [0.15, 0.2) is 0 Å². The van der Waals surface area contributed by atoms with Gasteiger partial charge in [-0.15, -0.1) is 0 Å². The fourth-order valence-corrected chi connectivity index (χ4v) is 0.806. The summed E-state index contributed by atoms with van der Waals surface area (Å²) in [6, 6.07) is 0. The zero-order valence-corrected chi connectivity index (χ0v) is 6.61. The molecule has 0 spiro atoms. The van der Waals surface area contributed by atoms with Crippen LogP contribution in [0.15, 0.2) is 0 Å². The maximum Gasteiger partial charge on any atom is 0.389 e. The molecule has 0 aliphatic carbocycles. The summed E-state index contributed by atoms with van der Waals surface area (Å²) in [5.41, 5.74) is 0. The van der Waals surface area contributed by atoms with E-state index in [2.05, 4.69) is 0 Å². The Bertz CT molecular complexity index is 189. The largest absolute Gasteiger partial charge is 0.481 e. The quantitative estimate of drug-likeness (QED) is 0.748. The number of rotatable bonds is 3. The van der Waals surface area contributed by atoms with E-state index in [0.717, 1.165) is 0 Å². The van der Waals surface area contributed by atoms with E-state index < -0.39 is 37.1 Å². The Morgan fingerprint density at radius 1 is 1.00 bits per heavy atom. The summed E-state index contributed by atoms with van der Waals surface area (Å²) in [5, 5.41) is 8.10. The first-order valence-electron chi connectivity index (χ1n) is 3.37. The first-order valence-corrected chi connectivity index (χ1v) is 3.37. The lowest BCUT2D eigenvalue weighted by Gasteiger charge is -2.15. The van der Waals surface area contributed by atoms with Crippen LogP contribution in [0.25, 0.3) is 0 Å². The SMILES string of the molecule is O=C(O)C(CC(F)(F)F)CC(F)(F)F. The van der Waals surface area contributed by atoms with Crippen molar-refractivity contribution in [1.29, 1.82) is 0 Å². The average molecular weight is 224 g/mol. The van der Waals surface area contributed by atoms with Gasteiger partial charge in [0.05, 0.1) is 18.8 Å². The lowest BCUT2D eigenvalue weighted by atomic mass is 10.0. The molecule has 0 atom stereocenters. The van der Waals surface area contributed by atoms with Crippen molar-refractivity contribution in [3.05, 3.63) is 0 Å². The zero-order valence-electron chi connectivity index (χ0n) is 6.61. The van der Waals surface area contributed by atoms with Crippen molar-refractivity contribution in [1.82, 2.24) is 0 Å². The van der Waals surface area contributed by atoms with Gasteiger partial charge in [-0.05, 0) is 0 Å². The highest BCUT2D eigenvalue weighted by Crippen LogP contribution is 2.32. The number of alkyl halides is 6. The van der Waals surface area contributed by atoms with Crippen molar-refractivity contribution in [2.45, 2.75) is 25.2 Å². The van der Waals surface area contributed by atoms with E-state index in [-0.39, 0.29) is 0 Å². The molecule has 0 aromatic carbocycles. The minimum atomic E-state index is -4.91. The molecule has 1 N–H and O–H groups in total. The normalized spacial score (nSPS) is 13.4. The Morgan fingerprint density at radius 2 is 1.29 bits per heavy atom. The van der Waals surface area contributed by atoms with Crippen LogP contribution in [0, 0.1) is 5.92 Å². The minimum absolute atomic E-state index is 1.97. The third-order valence-electron chi connectivity index (χ3n) is 1.30. The Kier molecular flexibility index (Phi) is 3.78. The van der Waals surface area contributed by atoms with E-state index in [1.165, 1.54) is 0 Å². The third-order valence-corrected chi connectivity index (χ3v) is 1.30. The number of halogens is 6. The molecule has 0 radical (unpaired) electrons. The van der Waals surface area contributed by atoms with Crippen molar-refractivity contribution in [2.24, 2.45) is 5.92 Å². The molecular formula is C6H6F6O2. The van der Waals surface area contributed by atoms with Gasteiger partial charge >= 0.3 is 18.3 Å². The van der Waals surface area contributed by atoms with Crippen LogP contribution < -0.4 is 0 Å². The monoisotopic (exact) mass is 224 g/mol. The second-order valence-electron chi connectivity index (χ2n) is 2.67. The van der Waals surface area contributed by atoms with E-state index in [1.54, 1.807) is 0 Å². The second kappa shape index (κ2) is 4.05. The molecule has 0 bridgehead atoms. The highest BCUT2D eigenvalue weighted by Gasteiger charge is 2.42. The molecule has 84 valence electrons. The maximum atomic E-state index is 11.6. The van der Waals surface area contributed by atoms with Crippen LogP contribution >= 0.6 is 0 Å². The van der Waals surface area contributed by atoms with Crippen LogP contribution in [0.2, 0.25) is 0 Å². The molecule has 0 rings (SSSR count). The molecule has 0 saturated carbocycles. The Hall–Kier alpha value is -0.950. The maximum absolute atomic E-state index is 11.6. The summed E-state index contributed by atoms with van der Waals surface area (Å²) in [5.74, 6) is -4.56. The van der Waals surface area contributed by atoms with Crippen molar-refractivity contribution in [2.75, 3.05) is 0 Å². The van der Waals surface area contributed by atoms with E-state index >= 15 is 0 Å². The molecular weight excluding hydrogens is 218 g/mol. The predicted octanol–water partition coefficient (Wildman–Crippen LogP) is 2.59. The topological polar surface area (TPSA) is 37.3 Å². The lowest BCUT2D eigenvalue weighted by molar-refractivity contribution is -0.185. The van der Waals surface area contributed by atoms with Crippen molar-refractivity contribution < 1.29 is 36.2 Å². The van der Waals surface area contributed by atoms with Crippen LogP contribution in [-0.4, -0.2) is 23.4 Å². The van der Waals surface area contributed by atoms with E-state index in [0.29, 0.717) is 0 Å². The van der Waals surface area contributed by atoms with Gasteiger partial charge in [0.2, 0.25) is 0 Å². The van der Waals surface area contributed by atoms with Crippen molar-refractivity contribution >= 4 is 5.97 Å². The number of carbonyl (C=O) groups is 1. The fraction of sp³-hybridized carbons (Fsp3) is 0.833. The van der Waals surface area contributed by atoms with Gasteiger partial charge in [-0.25, -0.2) is 0 Å². The van der Waals surface area contributed by atoms with Gasteiger partial charge in [0.1, 0.15) is 0 Å². The summed E-state index contributed by atoms with van der Waals surface area (Å²) < 4.78 is 69.7. The van der Waals surface area contributed by atoms with Gasteiger partial charge < -0.3 is 5.11 Å². The van der Waals surface area contributed by atoms with Gasteiger partial charge in [0.25, 0.3) is 0 Å². The molecule has 14 heavy (non-hydrogen) atoms. The van der Waals surface area contributed by atoms with Gasteiger partial charge in [-0.2, -0.15) is 26.3 Å². The summed E-state index contributed by atoms with van der Waals surface area (Å²) in [6.45, 7) is 0. The Morgan fingerprint density at radius 3 is 1.43 bits per heavy atom. The summed E-state index contributed by atoms with van der Waals surface area (Å²) >= 11 is 0. The smallest absolute Gasteiger partial charge is 0.389 e. The number of carboxylic acids is 1. The van der Waals surface area contributed by atoms with Gasteiger partial charge in [-0.1, -0.05) is 0 Å². The molecule has 0 aliphatic heterocycles. The second-order valence-corrected chi connectivity index (χ2v) is 2.67. The molecule has 0 saturated heterocycles. The summed E-state index contributed by atoms with van der Waals surface area (Å²) in [7, 11) is 0. The van der Waals surface area contributed by atoms with Gasteiger partial charge in [-0.3, -0.25) is 4.79 Å². The molecule has 8 heteroatoms. The van der Waals surface area contributed by atoms with E-state index in [1.807, 2.05) is 0 Å². The lowest BCUT2D eigenvalue weighted by Crippen LogP contribution is -2.27. The number of carboxylic acid groups (broad SMARTS) is 1.